The third kappa shape index (κ3) is 3.32. The second-order valence-electron chi connectivity index (χ2n) is 6.80. The van der Waals surface area contributed by atoms with Gasteiger partial charge in [0.2, 0.25) is 0 Å². The monoisotopic (exact) mass is 304 g/mol. The normalized spacial score (nSPS) is 23.3. The zero-order valence-electron chi connectivity index (χ0n) is 14.4. The molecule has 3 atom stereocenters. The molecule has 4 nitrogen and oxygen atoms in total. The Morgan fingerprint density at radius 1 is 1.23 bits per heavy atom. The van der Waals surface area contributed by atoms with E-state index in [0.717, 1.165) is 17.7 Å². The molecule has 1 aliphatic carbocycles. The predicted molar refractivity (Wildman–Crippen MR) is 88.6 cm³/mol. The van der Waals surface area contributed by atoms with Crippen molar-refractivity contribution in [2.45, 2.75) is 72.4 Å². The summed E-state index contributed by atoms with van der Waals surface area (Å²) in [7, 11) is 0. The molecule has 0 saturated heterocycles. The molecule has 122 valence electrons. The number of H-pyrrole nitrogens is 1. The quantitative estimate of drug-likeness (QED) is 0.817. The van der Waals surface area contributed by atoms with Gasteiger partial charge in [0.05, 0.1) is 11.7 Å². The van der Waals surface area contributed by atoms with E-state index in [1.807, 2.05) is 20.8 Å². The van der Waals surface area contributed by atoms with Crippen LogP contribution in [0.15, 0.2) is 0 Å². The summed E-state index contributed by atoms with van der Waals surface area (Å²) in [6.07, 6.45) is 4.89. The number of hydrogen-bond donors (Lipinski definition) is 2. The van der Waals surface area contributed by atoms with Gasteiger partial charge in [0.15, 0.2) is 11.6 Å². The highest BCUT2D eigenvalue weighted by atomic mass is 16.1. The molecule has 0 aromatic carbocycles. The van der Waals surface area contributed by atoms with Crippen molar-refractivity contribution in [3.8, 4) is 0 Å². The Bertz CT molecular complexity index is 574. The summed E-state index contributed by atoms with van der Waals surface area (Å²) in [6.45, 7) is 9.42. The highest BCUT2D eigenvalue weighted by Gasteiger charge is 2.28. The number of rotatable bonds is 5. The van der Waals surface area contributed by atoms with Gasteiger partial charge in [0, 0.05) is 17.3 Å². The molecule has 2 N–H and O–H groups in total. The Morgan fingerprint density at radius 2 is 1.86 bits per heavy atom. The van der Waals surface area contributed by atoms with Gasteiger partial charge in [0.1, 0.15) is 0 Å². The zero-order chi connectivity index (χ0) is 16.4. The molecule has 0 spiro atoms. The van der Waals surface area contributed by atoms with Crippen LogP contribution in [-0.4, -0.2) is 28.6 Å². The summed E-state index contributed by atoms with van der Waals surface area (Å²) in [6, 6.07) is 0.179. The standard InChI is InChI=1S/C18H28N2O2/c1-10-8-6-7-9-15(10)19-13(4)18(22)17-11(2)16(14(5)21)12(3)20-17/h10,13,15,19-20H,6-9H2,1-5H3/t10-,13+,15-/m0/s1. The fourth-order valence-corrected chi connectivity index (χ4v) is 3.70. The summed E-state index contributed by atoms with van der Waals surface area (Å²) >= 11 is 0. The average molecular weight is 304 g/mol. The molecule has 0 radical (unpaired) electrons. The van der Waals surface area contributed by atoms with Crippen LogP contribution in [0.2, 0.25) is 0 Å². The maximum absolute atomic E-state index is 12.7. The molecule has 2 rings (SSSR count). The minimum atomic E-state index is -0.234. The Kier molecular flexibility index (Phi) is 5.22. The lowest BCUT2D eigenvalue weighted by molar-refractivity contribution is 0.0927. The zero-order valence-corrected chi connectivity index (χ0v) is 14.4. The average Bonchev–Trinajstić information content (AvgIpc) is 2.75. The Balaban J connectivity index is 2.14. The maximum Gasteiger partial charge on any atom is 0.195 e. The number of carbonyl (C=O) groups is 2. The number of ketones is 2. The molecule has 1 aliphatic rings. The number of aromatic nitrogens is 1. The second kappa shape index (κ2) is 6.78. The molecule has 1 aromatic heterocycles. The fourth-order valence-electron chi connectivity index (χ4n) is 3.70. The van der Waals surface area contributed by atoms with Crippen molar-refractivity contribution in [3.05, 3.63) is 22.5 Å². The van der Waals surface area contributed by atoms with Crippen molar-refractivity contribution in [2.24, 2.45) is 5.92 Å². The van der Waals surface area contributed by atoms with Crippen LogP contribution in [0.25, 0.3) is 0 Å². The first kappa shape index (κ1) is 16.9. The first-order valence-corrected chi connectivity index (χ1v) is 8.33. The minimum absolute atomic E-state index is 0.00631. The van der Waals surface area contributed by atoms with E-state index in [0.29, 0.717) is 23.2 Å². The summed E-state index contributed by atoms with van der Waals surface area (Å²) in [5.41, 5.74) is 2.79. The van der Waals surface area contributed by atoms with Gasteiger partial charge < -0.3 is 10.3 Å². The molecule has 0 bridgehead atoms. The number of hydrogen-bond acceptors (Lipinski definition) is 3. The molecule has 22 heavy (non-hydrogen) atoms. The molecular formula is C18H28N2O2. The van der Waals surface area contributed by atoms with Crippen molar-refractivity contribution in [2.75, 3.05) is 0 Å². The largest absolute Gasteiger partial charge is 0.355 e. The van der Waals surface area contributed by atoms with Crippen molar-refractivity contribution < 1.29 is 9.59 Å². The van der Waals surface area contributed by atoms with Crippen LogP contribution in [0.5, 0.6) is 0 Å². The van der Waals surface area contributed by atoms with Crippen LogP contribution in [0.1, 0.15) is 78.6 Å². The summed E-state index contributed by atoms with van der Waals surface area (Å²) in [5.74, 6) is 0.668. The molecule has 0 amide bonds. The first-order valence-electron chi connectivity index (χ1n) is 8.33. The van der Waals surface area contributed by atoms with Gasteiger partial charge in [-0.3, -0.25) is 9.59 Å². The fraction of sp³-hybridized carbons (Fsp3) is 0.667. The summed E-state index contributed by atoms with van der Waals surface area (Å²) in [4.78, 5) is 27.5. The van der Waals surface area contributed by atoms with Gasteiger partial charge in [-0.25, -0.2) is 0 Å². The molecule has 4 heteroatoms. The number of aromatic amines is 1. The van der Waals surface area contributed by atoms with E-state index in [9.17, 15) is 9.59 Å². The van der Waals surface area contributed by atoms with E-state index in [1.165, 1.54) is 19.3 Å². The van der Waals surface area contributed by atoms with Gasteiger partial charge >= 0.3 is 0 Å². The topological polar surface area (TPSA) is 62.0 Å². The number of Topliss-reactive ketones (excluding diaryl/α,β-unsaturated/α-hetero) is 2. The van der Waals surface area contributed by atoms with E-state index in [-0.39, 0.29) is 17.6 Å². The molecule has 1 saturated carbocycles. The van der Waals surface area contributed by atoms with E-state index in [2.05, 4.69) is 17.2 Å². The van der Waals surface area contributed by atoms with Crippen LogP contribution in [0.4, 0.5) is 0 Å². The lowest BCUT2D eigenvalue weighted by Crippen LogP contribution is -2.46. The predicted octanol–water partition coefficient (Wildman–Crippen LogP) is 3.57. The van der Waals surface area contributed by atoms with Gasteiger partial charge in [-0.05, 0) is 52.0 Å². The van der Waals surface area contributed by atoms with Crippen LogP contribution < -0.4 is 5.32 Å². The van der Waals surface area contributed by atoms with E-state index in [4.69, 9.17) is 0 Å². The highest BCUT2D eigenvalue weighted by Crippen LogP contribution is 2.25. The van der Waals surface area contributed by atoms with Crippen LogP contribution in [-0.2, 0) is 0 Å². The lowest BCUT2D eigenvalue weighted by Gasteiger charge is -2.31. The summed E-state index contributed by atoms with van der Waals surface area (Å²) < 4.78 is 0. The lowest BCUT2D eigenvalue weighted by atomic mass is 9.85. The third-order valence-corrected chi connectivity index (χ3v) is 5.00. The van der Waals surface area contributed by atoms with Crippen molar-refractivity contribution in [3.63, 3.8) is 0 Å². The van der Waals surface area contributed by atoms with Crippen LogP contribution in [0, 0.1) is 19.8 Å². The van der Waals surface area contributed by atoms with Crippen molar-refractivity contribution >= 4 is 11.6 Å². The van der Waals surface area contributed by atoms with Crippen LogP contribution >= 0.6 is 0 Å². The first-order chi connectivity index (χ1) is 10.3. The molecule has 1 aromatic rings. The van der Waals surface area contributed by atoms with Gasteiger partial charge in [-0.15, -0.1) is 0 Å². The van der Waals surface area contributed by atoms with Crippen molar-refractivity contribution in [1.82, 2.24) is 10.3 Å². The SMILES string of the molecule is CC(=O)c1c(C)[nH]c(C(=O)[C@@H](C)N[C@H]2CCCC[C@@H]2C)c1C. The second-order valence-corrected chi connectivity index (χ2v) is 6.80. The molecule has 1 heterocycles. The van der Waals surface area contributed by atoms with Crippen molar-refractivity contribution in [1.29, 1.82) is 0 Å². The third-order valence-electron chi connectivity index (χ3n) is 5.00. The Hall–Kier alpha value is -1.42. The van der Waals surface area contributed by atoms with Gasteiger partial charge in [-0.1, -0.05) is 19.8 Å². The van der Waals surface area contributed by atoms with Gasteiger partial charge in [0.25, 0.3) is 0 Å². The van der Waals surface area contributed by atoms with Gasteiger partial charge in [-0.2, -0.15) is 0 Å². The van der Waals surface area contributed by atoms with E-state index in [1.54, 1.807) is 6.92 Å². The minimum Gasteiger partial charge on any atom is -0.355 e. The smallest absolute Gasteiger partial charge is 0.195 e. The van der Waals surface area contributed by atoms with E-state index >= 15 is 0 Å². The number of nitrogens with one attached hydrogen (secondary N) is 2. The molecule has 0 aliphatic heterocycles. The number of carbonyl (C=O) groups excluding carboxylic acids is 2. The maximum atomic E-state index is 12.7. The Morgan fingerprint density at radius 3 is 2.41 bits per heavy atom. The molecular weight excluding hydrogens is 276 g/mol. The number of aryl methyl sites for hydroxylation is 1. The van der Waals surface area contributed by atoms with E-state index < -0.39 is 0 Å². The van der Waals surface area contributed by atoms with Crippen LogP contribution in [0.3, 0.4) is 0 Å². The Labute approximate surface area is 133 Å². The summed E-state index contributed by atoms with van der Waals surface area (Å²) in [5, 5.41) is 3.50. The highest BCUT2D eigenvalue weighted by molar-refractivity contribution is 6.05. The molecule has 1 fully saturated rings. The molecule has 0 unspecified atom stereocenters.